The maximum Gasteiger partial charge on any atom is 0.334 e. The predicted octanol–water partition coefficient (Wildman–Crippen LogP) is 1.37. The monoisotopic (exact) mass is 366 g/mol. The molecule has 3 rings (SSSR count). The number of fused-ring (bicyclic) bond motifs is 2. The Morgan fingerprint density at radius 1 is 1.23 bits per heavy atom. The van der Waals surface area contributed by atoms with Crippen molar-refractivity contribution in [3.8, 4) is 0 Å². The summed E-state index contributed by atoms with van der Waals surface area (Å²) in [6.07, 6.45) is -1.80. The van der Waals surface area contributed by atoms with Crippen LogP contribution in [0.25, 0.3) is 0 Å². The second-order valence-electron chi connectivity index (χ2n) is 8.03. The summed E-state index contributed by atoms with van der Waals surface area (Å²) in [5.74, 6) is -2.18. The third kappa shape index (κ3) is 2.73. The standard InChI is InChI=1S/C19H26O7/c1-8-6-12-15(9(2)18(23)26-12)17(25-11(4)21)19(5)14(22)7-13(16(8)19)24-10(3)20/h8,12-17,22H,2,6-7H2,1,3-5H3/t8-,12+,13+,14+,15+,16-,17+,19+/m1/s1. The van der Waals surface area contributed by atoms with Gasteiger partial charge in [0.15, 0.2) is 0 Å². The lowest BCUT2D eigenvalue weighted by Crippen LogP contribution is -2.51. The van der Waals surface area contributed by atoms with Crippen LogP contribution in [0.3, 0.4) is 0 Å². The van der Waals surface area contributed by atoms with E-state index in [1.165, 1.54) is 13.8 Å². The van der Waals surface area contributed by atoms with Crippen LogP contribution in [-0.2, 0) is 28.6 Å². The minimum absolute atomic E-state index is 0.0201. The van der Waals surface area contributed by atoms with Gasteiger partial charge in [-0.15, -0.1) is 0 Å². The second kappa shape index (κ2) is 6.37. The molecule has 2 saturated carbocycles. The van der Waals surface area contributed by atoms with E-state index in [0.29, 0.717) is 6.42 Å². The van der Waals surface area contributed by atoms with Crippen molar-refractivity contribution in [2.75, 3.05) is 0 Å². The normalized spacial score (nSPS) is 44.6. The fourth-order valence-electron chi connectivity index (χ4n) is 5.44. The summed E-state index contributed by atoms with van der Waals surface area (Å²) in [4.78, 5) is 35.5. The van der Waals surface area contributed by atoms with Gasteiger partial charge < -0.3 is 19.3 Å². The number of ether oxygens (including phenoxy) is 3. The van der Waals surface area contributed by atoms with Crippen molar-refractivity contribution in [3.63, 3.8) is 0 Å². The topological polar surface area (TPSA) is 99.1 Å². The summed E-state index contributed by atoms with van der Waals surface area (Å²) in [7, 11) is 0. The van der Waals surface area contributed by atoms with Crippen molar-refractivity contribution >= 4 is 17.9 Å². The fourth-order valence-corrected chi connectivity index (χ4v) is 5.44. The zero-order chi connectivity index (χ0) is 19.4. The number of aliphatic hydroxyl groups excluding tert-OH is 1. The van der Waals surface area contributed by atoms with E-state index in [4.69, 9.17) is 14.2 Å². The minimum atomic E-state index is -0.887. The lowest BCUT2D eigenvalue weighted by Gasteiger charge is -2.43. The van der Waals surface area contributed by atoms with E-state index in [9.17, 15) is 19.5 Å². The molecule has 1 heterocycles. The first-order valence-corrected chi connectivity index (χ1v) is 8.99. The molecular formula is C19H26O7. The van der Waals surface area contributed by atoms with Crippen molar-refractivity contribution in [2.24, 2.45) is 23.2 Å². The Morgan fingerprint density at radius 2 is 1.85 bits per heavy atom. The molecule has 0 bridgehead atoms. The molecule has 144 valence electrons. The summed E-state index contributed by atoms with van der Waals surface area (Å²) >= 11 is 0. The van der Waals surface area contributed by atoms with E-state index >= 15 is 0 Å². The third-order valence-corrected chi connectivity index (χ3v) is 6.38. The van der Waals surface area contributed by atoms with Gasteiger partial charge in [-0.3, -0.25) is 9.59 Å². The van der Waals surface area contributed by atoms with Gasteiger partial charge in [0, 0.05) is 37.2 Å². The molecule has 8 atom stereocenters. The molecule has 3 fully saturated rings. The summed E-state index contributed by atoms with van der Waals surface area (Å²) in [5.41, 5.74) is -0.625. The predicted molar refractivity (Wildman–Crippen MR) is 89.6 cm³/mol. The van der Waals surface area contributed by atoms with Crippen molar-refractivity contribution in [1.82, 2.24) is 0 Å². The summed E-state index contributed by atoms with van der Waals surface area (Å²) in [6, 6.07) is 0. The molecule has 0 amide bonds. The van der Waals surface area contributed by atoms with Crippen molar-refractivity contribution < 1.29 is 33.7 Å². The molecule has 0 aromatic carbocycles. The Bertz CT molecular complexity index is 656. The molecule has 0 aromatic rings. The highest BCUT2D eigenvalue weighted by molar-refractivity contribution is 5.91. The average molecular weight is 366 g/mol. The highest BCUT2D eigenvalue weighted by Gasteiger charge is 2.66. The van der Waals surface area contributed by atoms with E-state index in [1.54, 1.807) is 0 Å². The summed E-state index contributed by atoms with van der Waals surface area (Å²) in [5, 5.41) is 10.9. The molecule has 0 aromatic heterocycles. The quantitative estimate of drug-likeness (QED) is 0.448. The number of hydrogen-bond acceptors (Lipinski definition) is 7. The highest BCUT2D eigenvalue weighted by atomic mass is 16.6. The smallest absolute Gasteiger partial charge is 0.334 e. The fraction of sp³-hybridized carbons (Fsp3) is 0.737. The first kappa shape index (κ1) is 18.9. The van der Waals surface area contributed by atoms with Crippen LogP contribution in [0, 0.1) is 23.2 Å². The molecule has 0 spiro atoms. The van der Waals surface area contributed by atoms with Gasteiger partial charge in [-0.2, -0.15) is 0 Å². The first-order chi connectivity index (χ1) is 12.1. The summed E-state index contributed by atoms with van der Waals surface area (Å²) < 4.78 is 16.6. The van der Waals surface area contributed by atoms with Crippen LogP contribution in [0.4, 0.5) is 0 Å². The van der Waals surface area contributed by atoms with Gasteiger partial charge >= 0.3 is 17.9 Å². The van der Waals surface area contributed by atoms with Gasteiger partial charge in [0.25, 0.3) is 0 Å². The average Bonchev–Trinajstić information content (AvgIpc) is 2.88. The van der Waals surface area contributed by atoms with Gasteiger partial charge in [-0.25, -0.2) is 4.79 Å². The van der Waals surface area contributed by atoms with Crippen LogP contribution in [0.1, 0.15) is 40.5 Å². The zero-order valence-electron chi connectivity index (χ0n) is 15.6. The molecule has 1 aliphatic heterocycles. The maximum absolute atomic E-state index is 12.1. The van der Waals surface area contributed by atoms with E-state index in [0.717, 1.165) is 0 Å². The molecular weight excluding hydrogens is 340 g/mol. The summed E-state index contributed by atoms with van der Waals surface area (Å²) in [6.45, 7) is 10.3. The zero-order valence-corrected chi connectivity index (χ0v) is 15.6. The minimum Gasteiger partial charge on any atom is -0.462 e. The van der Waals surface area contributed by atoms with Gasteiger partial charge in [-0.1, -0.05) is 20.4 Å². The highest BCUT2D eigenvalue weighted by Crippen LogP contribution is 2.58. The second-order valence-corrected chi connectivity index (χ2v) is 8.03. The molecule has 1 N–H and O–H groups in total. The molecule has 7 nitrogen and oxygen atoms in total. The SMILES string of the molecule is C=C1C(=O)O[C@H]2C[C@@H](C)[C@@H]3[C@@H](OC(C)=O)C[C@H](O)[C@]3(C)[C@@H](OC(C)=O)[C@@H]12. The van der Waals surface area contributed by atoms with Crippen LogP contribution in [0.5, 0.6) is 0 Å². The molecule has 0 unspecified atom stereocenters. The van der Waals surface area contributed by atoms with Crippen LogP contribution >= 0.6 is 0 Å². The first-order valence-electron chi connectivity index (χ1n) is 8.99. The Hall–Kier alpha value is -1.89. The molecule has 7 heteroatoms. The lowest BCUT2D eigenvalue weighted by molar-refractivity contribution is -0.170. The maximum atomic E-state index is 12.1. The molecule has 3 aliphatic rings. The Labute approximate surface area is 152 Å². The van der Waals surface area contributed by atoms with Crippen LogP contribution in [0.2, 0.25) is 0 Å². The Kier molecular flexibility index (Phi) is 4.63. The molecule has 0 radical (unpaired) electrons. The lowest BCUT2D eigenvalue weighted by atomic mass is 9.66. The van der Waals surface area contributed by atoms with Crippen molar-refractivity contribution in [3.05, 3.63) is 12.2 Å². The Morgan fingerprint density at radius 3 is 2.42 bits per heavy atom. The van der Waals surface area contributed by atoms with Gasteiger partial charge in [0.2, 0.25) is 0 Å². The van der Waals surface area contributed by atoms with Crippen LogP contribution in [-0.4, -0.2) is 47.4 Å². The van der Waals surface area contributed by atoms with Crippen molar-refractivity contribution in [2.45, 2.75) is 65.0 Å². The van der Waals surface area contributed by atoms with Crippen LogP contribution in [0.15, 0.2) is 12.2 Å². The van der Waals surface area contributed by atoms with Gasteiger partial charge in [0.05, 0.1) is 12.0 Å². The van der Waals surface area contributed by atoms with E-state index in [1.807, 2.05) is 13.8 Å². The van der Waals surface area contributed by atoms with Crippen LogP contribution < -0.4 is 0 Å². The third-order valence-electron chi connectivity index (χ3n) is 6.38. The largest absolute Gasteiger partial charge is 0.462 e. The van der Waals surface area contributed by atoms with E-state index < -0.39 is 53.7 Å². The number of esters is 3. The van der Waals surface area contributed by atoms with E-state index in [-0.39, 0.29) is 23.8 Å². The van der Waals surface area contributed by atoms with E-state index in [2.05, 4.69) is 6.58 Å². The number of hydrogen-bond donors (Lipinski definition) is 1. The van der Waals surface area contributed by atoms with Gasteiger partial charge in [-0.05, 0) is 12.3 Å². The molecule has 1 saturated heterocycles. The molecule has 26 heavy (non-hydrogen) atoms. The number of carbonyl (C=O) groups is 3. The van der Waals surface area contributed by atoms with Gasteiger partial charge in [0.1, 0.15) is 18.3 Å². The Balaban J connectivity index is 2.10. The van der Waals surface area contributed by atoms with Crippen molar-refractivity contribution in [1.29, 1.82) is 0 Å². The number of carbonyl (C=O) groups excluding carboxylic acids is 3. The number of rotatable bonds is 2. The number of aliphatic hydroxyl groups is 1. The molecule has 2 aliphatic carbocycles.